The third kappa shape index (κ3) is 6.76. The van der Waals surface area contributed by atoms with Gasteiger partial charge in [0.05, 0.1) is 6.61 Å². The maximum absolute atomic E-state index is 7.19. The molecule has 1 saturated heterocycles. The molecular formula is C29H53NOP2. The van der Waals surface area contributed by atoms with E-state index in [1.807, 2.05) is 0 Å². The lowest BCUT2D eigenvalue weighted by Crippen LogP contribution is -2.37. The molecule has 0 aromatic rings. The molecule has 0 N–H and O–H groups in total. The Hall–Kier alpha value is 0.780. The minimum absolute atomic E-state index is 0.0633. The van der Waals surface area contributed by atoms with Gasteiger partial charge in [-0.15, -0.1) is 0 Å². The topological polar surface area (TPSA) is 12.5 Å². The second-order valence-electron chi connectivity index (χ2n) is 12.2. The van der Waals surface area contributed by atoms with Crippen molar-refractivity contribution in [3.8, 4) is 0 Å². The van der Waals surface area contributed by atoms with Gasteiger partial charge in [0.1, 0.15) is 0 Å². The van der Waals surface area contributed by atoms with Crippen molar-refractivity contribution in [1.29, 1.82) is 0 Å². The van der Waals surface area contributed by atoms with Crippen molar-refractivity contribution >= 4 is 16.2 Å². The van der Waals surface area contributed by atoms with Gasteiger partial charge in [-0.25, -0.2) is 0 Å². The van der Waals surface area contributed by atoms with Crippen LogP contribution in [-0.4, -0.2) is 46.5 Å². The fourth-order valence-electron chi connectivity index (χ4n) is 8.05. The summed E-state index contributed by atoms with van der Waals surface area (Å²) in [6.07, 6.45) is 32.9. The molecular weight excluding hydrogens is 440 g/mol. The molecule has 0 amide bonds. The van der Waals surface area contributed by atoms with Crippen LogP contribution in [0.1, 0.15) is 141 Å². The molecule has 33 heavy (non-hydrogen) atoms. The van der Waals surface area contributed by atoms with Gasteiger partial charge in [0.15, 0.2) is 0 Å². The molecule has 4 aliphatic carbocycles. The molecule has 4 saturated carbocycles. The maximum atomic E-state index is 7.19. The third-order valence-electron chi connectivity index (χ3n) is 9.83. The Labute approximate surface area is 208 Å². The molecule has 0 spiro atoms. The number of nitrogens with zero attached hydrogens (tertiary/aromatic N) is 1. The molecule has 5 rings (SSSR count). The lowest BCUT2D eigenvalue weighted by atomic mass is 10.00. The zero-order valence-corrected chi connectivity index (χ0v) is 23.4. The fraction of sp³-hybridized carbons (Fsp3) is 1.00. The summed E-state index contributed by atoms with van der Waals surface area (Å²) in [4.78, 5) is 0. The summed E-state index contributed by atoms with van der Waals surface area (Å²) in [6, 6.07) is 0.761. The zero-order valence-electron chi connectivity index (χ0n) is 21.6. The van der Waals surface area contributed by atoms with E-state index >= 15 is 0 Å². The summed E-state index contributed by atoms with van der Waals surface area (Å²) < 4.78 is 10.3. The summed E-state index contributed by atoms with van der Waals surface area (Å²) in [5, 5.41) is 0. The van der Waals surface area contributed by atoms with Gasteiger partial charge in [0.2, 0.25) is 0 Å². The zero-order chi connectivity index (χ0) is 22.3. The van der Waals surface area contributed by atoms with Crippen LogP contribution < -0.4 is 0 Å². The first-order chi connectivity index (χ1) is 16.4. The second kappa shape index (κ2) is 13.4. The summed E-state index contributed by atoms with van der Waals surface area (Å²) in [5.74, 6) is 0. The fourth-order valence-corrected chi connectivity index (χ4v) is 15.3. The van der Waals surface area contributed by atoms with E-state index < -0.39 is 0 Å². The Morgan fingerprint density at radius 1 is 0.485 bits per heavy atom. The molecule has 2 nitrogen and oxygen atoms in total. The van der Waals surface area contributed by atoms with Gasteiger partial charge in [-0.3, -0.25) is 4.67 Å². The van der Waals surface area contributed by atoms with Gasteiger partial charge in [-0.1, -0.05) is 77.0 Å². The van der Waals surface area contributed by atoms with E-state index in [4.69, 9.17) is 4.52 Å². The van der Waals surface area contributed by atoms with Crippen LogP contribution in [0.3, 0.4) is 0 Å². The first-order valence-corrected chi connectivity index (χ1v) is 18.2. The van der Waals surface area contributed by atoms with Crippen LogP contribution in [0.15, 0.2) is 0 Å². The average molecular weight is 494 g/mol. The molecule has 1 heterocycles. The predicted octanol–water partition coefficient (Wildman–Crippen LogP) is 9.59. The van der Waals surface area contributed by atoms with Gasteiger partial charge in [-0.2, -0.15) is 0 Å². The van der Waals surface area contributed by atoms with Crippen molar-refractivity contribution in [3.63, 3.8) is 0 Å². The summed E-state index contributed by atoms with van der Waals surface area (Å²) in [7, 11) is -0.137. The summed E-state index contributed by atoms with van der Waals surface area (Å²) >= 11 is 0. The molecule has 5 fully saturated rings. The first-order valence-electron chi connectivity index (χ1n) is 15.4. The lowest BCUT2D eigenvalue weighted by molar-refractivity contribution is 0.242. The van der Waals surface area contributed by atoms with Crippen molar-refractivity contribution in [2.45, 2.75) is 170 Å². The van der Waals surface area contributed by atoms with Crippen molar-refractivity contribution in [1.82, 2.24) is 4.67 Å². The monoisotopic (exact) mass is 493 g/mol. The molecule has 0 aromatic carbocycles. The molecule has 5 aliphatic rings. The van der Waals surface area contributed by atoms with E-state index in [-0.39, 0.29) is 16.2 Å². The molecule has 1 aliphatic heterocycles. The van der Waals surface area contributed by atoms with Crippen molar-refractivity contribution in [3.05, 3.63) is 0 Å². The highest BCUT2D eigenvalue weighted by atomic mass is 31.1. The largest absolute Gasteiger partial charge is 0.357 e. The van der Waals surface area contributed by atoms with Crippen LogP contribution in [-0.2, 0) is 4.52 Å². The number of hydrogen-bond donors (Lipinski definition) is 0. The first kappa shape index (κ1) is 25.4. The third-order valence-corrected chi connectivity index (χ3v) is 16.4. The highest BCUT2D eigenvalue weighted by Gasteiger charge is 2.41. The smallest absolute Gasteiger partial charge is 0.0668 e. The highest BCUT2D eigenvalue weighted by molar-refractivity contribution is 7.56. The molecule has 1 unspecified atom stereocenters. The Morgan fingerprint density at radius 3 is 1.36 bits per heavy atom. The molecule has 0 aromatic heterocycles. The van der Waals surface area contributed by atoms with Crippen LogP contribution >= 0.6 is 16.2 Å². The number of hydrogen-bond acceptors (Lipinski definition) is 2. The van der Waals surface area contributed by atoms with Crippen LogP contribution in [0, 0.1) is 0 Å². The van der Waals surface area contributed by atoms with E-state index in [1.165, 1.54) is 122 Å². The molecule has 190 valence electrons. The maximum Gasteiger partial charge on any atom is 0.0668 e. The van der Waals surface area contributed by atoms with E-state index in [0.29, 0.717) is 0 Å². The van der Waals surface area contributed by atoms with Crippen LogP contribution in [0.5, 0.6) is 0 Å². The molecule has 0 bridgehead atoms. The minimum Gasteiger partial charge on any atom is -0.357 e. The van der Waals surface area contributed by atoms with Gasteiger partial charge in [-0.05, 0) is 83.6 Å². The van der Waals surface area contributed by atoms with Crippen molar-refractivity contribution < 1.29 is 4.52 Å². The minimum atomic E-state index is -0.200. The van der Waals surface area contributed by atoms with Gasteiger partial charge < -0.3 is 4.52 Å². The Morgan fingerprint density at radius 2 is 0.909 bits per heavy atom. The summed E-state index contributed by atoms with van der Waals surface area (Å²) in [5.41, 5.74) is 3.97. The van der Waals surface area contributed by atoms with Crippen molar-refractivity contribution in [2.75, 3.05) is 13.2 Å². The molecule has 4 heteroatoms. The van der Waals surface area contributed by atoms with Gasteiger partial charge in [0.25, 0.3) is 0 Å². The van der Waals surface area contributed by atoms with E-state index in [1.54, 1.807) is 25.7 Å². The van der Waals surface area contributed by atoms with E-state index in [2.05, 4.69) is 4.67 Å². The Balaban J connectivity index is 1.26. The van der Waals surface area contributed by atoms with E-state index in [0.717, 1.165) is 35.3 Å². The molecule has 0 radical (unpaired) electrons. The van der Waals surface area contributed by atoms with Gasteiger partial charge in [0, 0.05) is 32.1 Å². The van der Waals surface area contributed by atoms with E-state index in [9.17, 15) is 0 Å². The highest BCUT2D eigenvalue weighted by Crippen LogP contribution is 2.61. The van der Waals surface area contributed by atoms with Crippen LogP contribution in [0.25, 0.3) is 0 Å². The lowest BCUT2D eigenvalue weighted by Gasteiger charge is -2.46. The van der Waals surface area contributed by atoms with Crippen LogP contribution in [0.4, 0.5) is 0 Å². The van der Waals surface area contributed by atoms with Crippen LogP contribution in [0.2, 0.25) is 0 Å². The SMILES string of the molecule is C1CCC(P(OCC2CCCN2P(C2CCCCC2)C2CCCCC2)C2CCCCC2)CC1. The number of rotatable bonds is 8. The standard InChI is InChI=1S/C29H53NOP2/c1-5-15-26(16-6-1)32(27-17-7-2-8-18-27)30-23-13-14-25(30)24-31-33(28-19-9-3-10-20-28)29-21-11-4-12-22-29/h25-29H,1-24H2. The molecule has 1 atom stereocenters. The van der Waals surface area contributed by atoms with Crippen molar-refractivity contribution in [2.24, 2.45) is 0 Å². The Bertz CT molecular complexity index is 514. The normalized spacial score (nSPS) is 30.5. The second-order valence-corrected chi connectivity index (χ2v) is 17.3. The van der Waals surface area contributed by atoms with Gasteiger partial charge >= 0.3 is 0 Å². The average Bonchev–Trinajstić information content (AvgIpc) is 3.35. The predicted molar refractivity (Wildman–Crippen MR) is 147 cm³/mol. The quantitative estimate of drug-likeness (QED) is 0.312. The summed E-state index contributed by atoms with van der Waals surface area (Å²) in [6.45, 7) is 2.49. The Kier molecular flexibility index (Phi) is 10.3.